The summed E-state index contributed by atoms with van der Waals surface area (Å²) in [4.78, 5) is 16.8. The molecule has 0 bridgehead atoms. The Hall–Kier alpha value is -4.62. The highest BCUT2D eigenvalue weighted by Crippen LogP contribution is 2.43. The second-order valence-electron chi connectivity index (χ2n) is 10.3. The number of nitrogens with one attached hydrogen (secondary N) is 1. The lowest BCUT2D eigenvalue weighted by molar-refractivity contribution is -0.268. The van der Waals surface area contributed by atoms with Gasteiger partial charge in [0.2, 0.25) is 5.16 Å². The van der Waals surface area contributed by atoms with Gasteiger partial charge in [0, 0.05) is 35.3 Å². The minimum Gasteiger partial charge on any atom is -0.508 e. The molecule has 0 radical (unpaired) electrons. The van der Waals surface area contributed by atoms with Crippen LogP contribution < -0.4 is 5.32 Å². The number of carbonyl (C=O) groups excluding carboxylic acids is 1. The Morgan fingerprint density at radius 1 is 1.00 bits per heavy atom. The van der Waals surface area contributed by atoms with Gasteiger partial charge in [-0.1, -0.05) is 55.1 Å². The SMILES string of the molecule is C[C@@H]1[C@H](CSc2nnnn2-c2ccc(O)cc2)O[C@H](c2cccc(NC(=O)c3cccnc3)c2)O[C@@H]1c1ccc(CO)cc1. The first-order valence-electron chi connectivity index (χ1n) is 14.0. The molecule has 1 amide bonds. The number of pyridine rings is 1. The van der Waals surface area contributed by atoms with Crippen molar-refractivity contribution in [3.8, 4) is 11.4 Å². The van der Waals surface area contributed by atoms with Crippen LogP contribution >= 0.6 is 11.8 Å². The molecule has 1 aliphatic rings. The van der Waals surface area contributed by atoms with Crippen LogP contribution in [0.25, 0.3) is 5.69 Å². The van der Waals surface area contributed by atoms with E-state index in [1.54, 1.807) is 47.3 Å². The molecule has 1 fully saturated rings. The quantitative estimate of drug-likeness (QED) is 0.193. The van der Waals surface area contributed by atoms with E-state index in [2.05, 4.69) is 32.7 Å². The lowest BCUT2D eigenvalue weighted by Gasteiger charge is -2.41. The fraction of sp³-hybridized carbons (Fsp3) is 0.219. The van der Waals surface area contributed by atoms with E-state index in [4.69, 9.17) is 9.47 Å². The molecule has 0 unspecified atom stereocenters. The van der Waals surface area contributed by atoms with Crippen LogP contribution in [0.2, 0.25) is 0 Å². The molecule has 6 rings (SSSR count). The second kappa shape index (κ2) is 13.3. The van der Waals surface area contributed by atoms with E-state index in [9.17, 15) is 15.0 Å². The highest BCUT2D eigenvalue weighted by atomic mass is 32.2. The number of phenols is 1. The van der Waals surface area contributed by atoms with Gasteiger partial charge in [0.25, 0.3) is 5.91 Å². The maximum absolute atomic E-state index is 12.8. The van der Waals surface area contributed by atoms with E-state index in [0.29, 0.717) is 22.2 Å². The van der Waals surface area contributed by atoms with Crippen molar-refractivity contribution in [1.82, 2.24) is 25.2 Å². The Morgan fingerprint density at radius 2 is 1.82 bits per heavy atom. The van der Waals surface area contributed by atoms with Crippen molar-refractivity contribution in [3.63, 3.8) is 0 Å². The zero-order valence-electron chi connectivity index (χ0n) is 23.7. The average molecular weight is 611 g/mol. The average Bonchev–Trinajstić information content (AvgIpc) is 3.54. The maximum atomic E-state index is 12.8. The Morgan fingerprint density at radius 3 is 2.57 bits per heavy atom. The number of amides is 1. The van der Waals surface area contributed by atoms with Crippen molar-refractivity contribution < 1.29 is 24.5 Å². The molecule has 0 spiro atoms. The number of aromatic hydroxyl groups is 1. The second-order valence-corrected chi connectivity index (χ2v) is 11.3. The number of nitrogens with zero attached hydrogens (tertiary/aromatic N) is 5. The van der Waals surface area contributed by atoms with Crippen LogP contribution in [-0.4, -0.2) is 53.2 Å². The zero-order valence-corrected chi connectivity index (χ0v) is 24.5. The molecule has 3 N–H and O–H groups in total. The van der Waals surface area contributed by atoms with Crippen molar-refractivity contribution in [2.24, 2.45) is 5.92 Å². The minimum atomic E-state index is -0.720. The van der Waals surface area contributed by atoms with Crippen LogP contribution in [-0.2, 0) is 16.1 Å². The number of rotatable bonds is 9. The van der Waals surface area contributed by atoms with E-state index in [1.807, 2.05) is 48.5 Å². The molecular weight excluding hydrogens is 580 g/mol. The molecule has 4 atom stereocenters. The number of aromatic nitrogens is 5. The van der Waals surface area contributed by atoms with Crippen LogP contribution in [0.15, 0.2) is 102 Å². The Labute approximate surface area is 257 Å². The van der Waals surface area contributed by atoms with Gasteiger partial charge < -0.3 is 25.0 Å². The smallest absolute Gasteiger partial charge is 0.257 e. The van der Waals surface area contributed by atoms with Crippen molar-refractivity contribution >= 4 is 23.4 Å². The molecule has 44 heavy (non-hydrogen) atoms. The lowest BCUT2D eigenvalue weighted by atomic mass is 9.91. The number of hydrogen-bond acceptors (Lipinski definition) is 10. The number of hydrogen-bond donors (Lipinski definition) is 3. The normalized spacial score (nSPS) is 19.9. The summed E-state index contributed by atoms with van der Waals surface area (Å²) in [5.41, 5.74) is 4.31. The summed E-state index contributed by atoms with van der Waals surface area (Å²) >= 11 is 1.46. The first-order valence-corrected chi connectivity index (χ1v) is 15.0. The van der Waals surface area contributed by atoms with Crippen LogP contribution in [0, 0.1) is 5.92 Å². The summed E-state index contributed by atoms with van der Waals surface area (Å²) in [5.74, 6) is 0.370. The van der Waals surface area contributed by atoms with Gasteiger partial charge in [-0.25, -0.2) is 0 Å². The summed E-state index contributed by atoms with van der Waals surface area (Å²) in [6.45, 7) is 2.04. The van der Waals surface area contributed by atoms with Crippen molar-refractivity contribution in [2.45, 2.75) is 37.2 Å². The van der Waals surface area contributed by atoms with Crippen molar-refractivity contribution in [1.29, 1.82) is 0 Å². The Kier molecular flexibility index (Phi) is 8.94. The zero-order chi connectivity index (χ0) is 30.5. The predicted octanol–water partition coefficient (Wildman–Crippen LogP) is 5.09. The third-order valence-corrected chi connectivity index (χ3v) is 8.38. The number of phenolic OH excluding ortho intramolecular Hbond substituents is 1. The number of anilines is 1. The number of carbonyl (C=O) groups is 1. The first kappa shape index (κ1) is 29.5. The highest BCUT2D eigenvalue weighted by Gasteiger charge is 2.38. The number of tetrazole rings is 1. The van der Waals surface area contributed by atoms with E-state index >= 15 is 0 Å². The summed E-state index contributed by atoms with van der Waals surface area (Å²) in [6.07, 6.45) is 1.84. The van der Waals surface area contributed by atoms with E-state index < -0.39 is 6.29 Å². The molecule has 224 valence electrons. The van der Waals surface area contributed by atoms with Gasteiger partial charge in [-0.15, -0.1) is 5.10 Å². The van der Waals surface area contributed by atoms with Gasteiger partial charge in [-0.2, -0.15) is 4.68 Å². The molecule has 0 aliphatic carbocycles. The number of aliphatic hydroxyl groups is 1. The number of ether oxygens (including phenoxy) is 2. The molecule has 2 aromatic heterocycles. The molecule has 11 nitrogen and oxygen atoms in total. The van der Waals surface area contributed by atoms with Gasteiger partial charge in [-0.3, -0.25) is 9.78 Å². The highest BCUT2D eigenvalue weighted by molar-refractivity contribution is 7.99. The molecule has 0 saturated carbocycles. The number of aliphatic hydroxyl groups excluding tert-OH is 1. The fourth-order valence-electron chi connectivity index (χ4n) is 4.95. The van der Waals surface area contributed by atoms with Crippen LogP contribution in [0.4, 0.5) is 5.69 Å². The molecular formula is C32H30N6O5S. The summed E-state index contributed by atoms with van der Waals surface area (Å²) in [7, 11) is 0. The Bertz CT molecular complexity index is 1700. The maximum Gasteiger partial charge on any atom is 0.257 e. The lowest BCUT2D eigenvalue weighted by Crippen LogP contribution is -2.38. The molecule has 1 saturated heterocycles. The molecule has 12 heteroatoms. The monoisotopic (exact) mass is 610 g/mol. The van der Waals surface area contributed by atoms with Crippen LogP contribution in [0.1, 0.15) is 46.4 Å². The fourth-order valence-corrected chi connectivity index (χ4v) is 6.01. The van der Waals surface area contributed by atoms with Gasteiger partial charge in [0.15, 0.2) is 6.29 Å². The standard InChI is InChI=1S/C32H30N6O5S/c1-20-28(19-44-32-35-36-37-38(32)26-11-13-27(40)14-12-26)42-31(43-29(20)22-9-7-21(18-39)8-10-22)23-4-2-6-25(16-23)34-30(41)24-5-3-15-33-17-24/h2-17,20,28-29,31,39-40H,18-19H2,1H3,(H,34,41)/t20-,28+,29+,31+/m1/s1. The molecule has 3 aromatic carbocycles. The van der Waals surface area contributed by atoms with E-state index in [-0.39, 0.29) is 36.4 Å². The molecule has 3 heterocycles. The third-order valence-electron chi connectivity index (χ3n) is 7.38. The van der Waals surface area contributed by atoms with Crippen molar-refractivity contribution in [2.75, 3.05) is 11.1 Å². The molecule has 5 aromatic rings. The van der Waals surface area contributed by atoms with Gasteiger partial charge in [0.05, 0.1) is 30.1 Å². The first-order chi connectivity index (χ1) is 21.5. The number of thioether (sulfide) groups is 1. The predicted molar refractivity (Wildman–Crippen MR) is 163 cm³/mol. The molecule has 1 aliphatic heterocycles. The minimum absolute atomic E-state index is 0.0420. The van der Waals surface area contributed by atoms with Crippen LogP contribution in [0.3, 0.4) is 0 Å². The summed E-state index contributed by atoms with van der Waals surface area (Å²) in [5, 5.41) is 34.9. The largest absolute Gasteiger partial charge is 0.508 e. The topological polar surface area (TPSA) is 145 Å². The van der Waals surface area contributed by atoms with Gasteiger partial charge in [-0.05, 0) is 70.1 Å². The van der Waals surface area contributed by atoms with Gasteiger partial charge >= 0.3 is 0 Å². The van der Waals surface area contributed by atoms with Crippen molar-refractivity contribution in [3.05, 3.63) is 120 Å². The third kappa shape index (κ3) is 6.63. The van der Waals surface area contributed by atoms with E-state index in [0.717, 1.165) is 22.4 Å². The Balaban J connectivity index is 1.24. The number of benzene rings is 3. The van der Waals surface area contributed by atoms with E-state index in [1.165, 1.54) is 18.0 Å². The summed E-state index contributed by atoms with van der Waals surface area (Å²) in [6, 6.07) is 25.2. The van der Waals surface area contributed by atoms with Gasteiger partial charge in [0.1, 0.15) is 5.75 Å². The van der Waals surface area contributed by atoms with Crippen LogP contribution in [0.5, 0.6) is 5.75 Å². The summed E-state index contributed by atoms with van der Waals surface area (Å²) < 4.78 is 14.8.